The molecule has 0 fully saturated rings. The minimum Gasteiger partial charge on any atom is -0.146 e. The molecular formula is C9H12BrClS. The summed E-state index contributed by atoms with van der Waals surface area (Å²) in [6, 6.07) is 2.06. The Labute approximate surface area is 91.1 Å². The van der Waals surface area contributed by atoms with Gasteiger partial charge in [-0.3, -0.25) is 0 Å². The smallest absolute Gasteiger partial charge is 0.0689 e. The third kappa shape index (κ3) is 2.75. The van der Waals surface area contributed by atoms with Crippen molar-refractivity contribution in [3.63, 3.8) is 0 Å². The van der Waals surface area contributed by atoms with Crippen molar-refractivity contribution in [3.8, 4) is 0 Å². The molecule has 1 atom stereocenters. The Balaban J connectivity index is 2.52. The molecule has 68 valence electrons. The van der Waals surface area contributed by atoms with Gasteiger partial charge in [-0.15, -0.1) is 22.9 Å². The normalized spacial score (nSPS) is 13.2. The van der Waals surface area contributed by atoms with Gasteiger partial charge in [-0.2, -0.15) is 0 Å². The summed E-state index contributed by atoms with van der Waals surface area (Å²) < 4.78 is 1.16. The lowest BCUT2D eigenvalue weighted by Gasteiger charge is -2.06. The molecule has 0 saturated heterocycles. The zero-order chi connectivity index (χ0) is 8.97. The van der Waals surface area contributed by atoms with Gasteiger partial charge in [0.25, 0.3) is 0 Å². The number of hydrogen-bond donors (Lipinski definition) is 0. The summed E-state index contributed by atoms with van der Waals surface area (Å²) in [7, 11) is 0. The van der Waals surface area contributed by atoms with Crippen molar-refractivity contribution in [1.82, 2.24) is 0 Å². The number of hydrogen-bond acceptors (Lipinski definition) is 1. The third-order valence-electron chi connectivity index (χ3n) is 1.74. The van der Waals surface area contributed by atoms with E-state index in [-0.39, 0.29) is 5.38 Å². The van der Waals surface area contributed by atoms with Crippen molar-refractivity contribution in [3.05, 3.63) is 20.8 Å². The van der Waals surface area contributed by atoms with Crippen molar-refractivity contribution in [2.45, 2.75) is 31.6 Å². The Morgan fingerprint density at radius 2 is 2.42 bits per heavy atom. The number of unbranched alkanes of at least 4 members (excludes halogenated alkanes) is 1. The molecule has 1 aromatic rings. The van der Waals surface area contributed by atoms with Gasteiger partial charge in [0.05, 0.1) is 5.38 Å². The van der Waals surface area contributed by atoms with Crippen LogP contribution in [0.15, 0.2) is 15.9 Å². The zero-order valence-electron chi connectivity index (χ0n) is 7.02. The first-order chi connectivity index (χ1) is 5.75. The molecule has 1 rings (SSSR count). The third-order valence-corrected chi connectivity index (χ3v) is 4.29. The molecule has 0 aliphatic carbocycles. The first kappa shape index (κ1) is 10.6. The molecule has 0 spiro atoms. The van der Waals surface area contributed by atoms with Gasteiger partial charge in [-0.05, 0) is 33.8 Å². The van der Waals surface area contributed by atoms with Gasteiger partial charge < -0.3 is 0 Å². The molecule has 0 aliphatic rings. The lowest BCUT2D eigenvalue weighted by atomic mass is 10.2. The van der Waals surface area contributed by atoms with E-state index in [1.54, 1.807) is 11.3 Å². The van der Waals surface area contributed by atoms with E-state index in [0.29, 0.717) is 0 Å². The maximum atomic E-state index is 6.21. The van der Waals surface area contributed by atoms with Crippen LogP contribution in [-0.2, 0) is 0 Å². The van der Waals surface area contributed by atoms with Crippen molar-refractivity contribution in [1.29, 1.82) is 0 Å². The summed E-state index contributed by atoms with van der Waals surface area (Å²) in [6.07, 6.45) is 3.50. The van der Waals surface area contributed by atoms with Crippen LogP contribution in [0.2, 0.25) is 0 Å². The SMILES string of the molecule is CCCCC(Cl)c1sccc1Br. The average Bonchev–Trinajstić information content (AvgIpc) is 2.47. The van der Waals surface area contributed by atoms with E-state index >= 15 is 0 Å². The summed E-state index contributed by atoms with van der Waals surface area (Å²) in [5.74, 6) is 0. The van der Waals surface area contributed by atoms with E-state index < -0.39 is 0 Å². The second-order valence-electron chi connectivity index (χ2n) is 2.74. The minimum absolute atomic E-state index is 0.194. The maximum absolute atomic E-state index is 6.21. The highest BCUT2D eigenvalue weighted by molar-refractivity contribution is 9.10. The summed E-state index contributed by atoms with van der Waals surface area (Å²) in [4.78, 5) is 1.27. The Bertz CT molecular complexity index is 234. The van der Waals surface area contributed by atoms with Crippen molar-refractivity contribution in [2.24, 2.45) is 0 Å². The Kier molecular flexibility index (Phi) is 4.62. The molecule has 1 aromatic heterocycles. The predicted molar refractivity (Wildman–Crippen MR) is 60.1 cm³/mol. The van der Waals surface area contributed by atoms with Gasteiger partial charge in [-0.25, -0.2) is 0 Å². The number of alkyl halides is 1. The standard InChI is InChI=1S/C9H12BrClS/c1-2-3-4-8(11)9-7(10)5-6-12-9/h5-6,8H,2-4H2,1H3. The van der Waals surface area contributed by atoms with Crippen molar-refractivity contribution >= 4 is 38.9 Å². The first-order valence-electron chi connectivity index (χ1n) is 4.12. The van der Waals surface area contributed by atoms with Gasteiger partial charge in [0.1, 0.15) is 0 Å². The largest absolute Gasteiger partial charge is 0.146 e. The summed E-state index contributed by atoms with van der Waals surface area (Å²) >= 11 is 11.4. The molecule has 3 heteroatoms. The fraction of sp³-hybridized carbons (Fsp3) is 0.556. The highest BCUT2D eigenvalue weighted by Crippen LogP contribution is 2.35. The van der Waals surface area contributed by atoms with Gasteiger partial charge in [0.15, 0.2) is 0 Å². The number of rotatable bonds is 4. The average molecular weight is 268 g/mol. The molecule has 0 aliphatic heterocycles. The molecule has 0 nitrogen and oxygen atoms in total. The Hall–Kier alpha value is 0.470. The first-order valence-corrected chi connectivity index (χ1v) is 6.23. The summed E-state index contributed by atoms with van der Waals surface area (Å²) in [5, 5.41) is 2.26. The molecule has 0 saturated carbocycles. The van der Waals surface area contributed by atoms with E-state index in [0.717, 1.165) is 10.9 Å². The van der Waals surface area contributed by atoms with Crippen LogP contribution in [0, 0.1) is 0 Å². The van der Waals surface area contributed by atoms with Crippen LogP contribution in [0.1, 0.15) is 36.4 Å². The van der Waals surface area contributed by atoms with Crippen LogP contribution in [-0.4, -0.2) is 0 Å². The van der Waals surface area contributed by atoms with Gasteiger partial charge >= 0.3 is 0 Å². The molecule has 0 aromatic carbocycles. The monoisotopic (exact) mass is 266 g/mol. The van der Waals surface area contributed by atoms with Crippen molar-refractivity contribution in [2.75, 3.05) is 0 Å². The zero-order valence-corrected chi connectivity index (χ0v) is 10.2. The molecule has 1 heterocycles. The van der Waals surface area contributed by atoms with Gasteiger partial charge in [0.2, 0.25) is 0 Å². The second kappa shape index (κ2) is 5.25. The van der Waals surface area contributed by atoms with Crippen LogP contribution < -0.4 is 0 Å². The fourth-order valence-corrected chi connectivity index (χ4v) is 3.26. The van der Waals surface area contributed by atoms with E-state index in [1.807, 2.05) is 0 Å². The van der Waals surface area contributed by atoms with Crippen LogP contribution in [0.25, 0.3) is 0 Å². The second-order valence-corrected chi connectivity index (χ2v) is 5.07. The minimum atomic E-state index is 0.194. The molecule has 0 radical (unpaired) electrons. The quantitative estimate of drug-likeness (QED) is 0.675. The fourth-order valence-electron chi connectivity index (χ4n) is 1.04. The molecule has 0 bridgehead atoms. The van der Waals surface area contributed by atoms with E-state index in [2.05, 4.69) is 34.3 Å². The Morgan fingerprint density at radius 1 is 1.67 bits per heavy atom. The number of halogens is 2. The molecule has 0 N–H and O–H groups in total. The molecule has 0 amide bonds. The van der Waals surface area contributed by atoms with Crippen molar-refractivity contribution < 1.29 is 0 Å². The van der Waals surface area contributed by atoms with Gasteiger partial charge in [-0.1, -0.05) is 19.8 Å². The summed E-state index contributed by atoms with van der Waals surface area (Å²) in [5.41, 5.74) is 0. The predicted octanol–water partition coefficient (Wildman–Crippen LogP) is 4.98. The topological polar surface area (TPSA) is 0 Å². The molecule has 1 unspecified atom stereocenters. The van der Waals surface area contributed by atoms with E-state index in [1.165, 1.54) is 17.7 Å². The Morgan fingerprint density at radius 3 is 2.92 bits per heavy atom. The highest BCUT2D eigenvalue weighted by Gasteiger charge is 2.11. The van der Waals surface area contributed by atoms with E-state index in [9.17, 15) is 0 Å². The maximum Gasteiger partial charge on any atom is 0.0689 e. The number of thiophene rings is 1. The summed E-state index contributed by atoms with van der Waals surface area (Å²) in [6.45, 7) is 2.19. The molecular weight excluding hydrogens is 256 g/mol. The lowest BCUT2D eigenvalue weighted by Crippen LogP contribution is -1.86. The van der Waals surface area contributed by atoms with Crippen LogP contribution >= 0.6 is 38.9 Å². The van der Waals surface area contributed by atoms with Crippen LogP contribution in [0.4, 0.5) is 0 Å². The highest BCUT2D eigenvalue weighted by atomic mass is 79.9. The van der Waals surface area contributed by atoms with Gasteiger partial charge in [0, 0.05) is 9.35 Å². The lowest BCUT2D eigenvalue weighted by molar-refractivity contribution is 0.705. The van der Waals surface area contributed by atoms with Crippen LogP contribution in [0.3, 0.4) is 0 Å². The van der Waals surface area contributed by atoms with E-state index in [4.69, 9.17) is 11.6 Å². The van der Waals surface area contributed by atoms with Crippen LogP contribution in [0.5, 0.6) is 0 Å². The molecule has 12 heavy (non-hydrogen) atoms.